The highest BCUT2D eigenvalue weighted by Gasteiger charge is 2.32. The van der Waals surface area contributed by atoms with Crippen LogP contribution in [0.1, 0.15) is 28.3 Å². The topological polar surface area (TPSA) is 60.2 Å². The number of rotatable bonds is 6. The van der Waals surface area contributed by atoms with Gasteiger partial charge in [0.25, 0.3) is 4.95 Å². The molecule has 0 aliphatic carbocycles. The Morgan fingerprint density at radius 2 is 1.57 bits per heavy atom. The van der Waals surface area contributed by atoms with Crippen LogP contribution in [-0.4, -0.2) is 15.7 Å². The third-order valence-electron chi connectivity index (χ3n) is 3.26. The van der Waals surface area contributed by atoms with Crippen LogP contribution in [0.15, 0.2) is 60.7 Å². The maximum atomic E-state index is 12.3. The minimum absolute atomic E-state index is 0.0882. The summed E-state index contributed by atoms with van der Waals surface area (Å²) < 4.78 is 0. The Bertz CT molecular complexity index is 616. The maximum Gasteiger partial charge on any atom is 0.273 e. The van der Waals surface area contributed by atoms with Gasteiger partial charge >= 0.3 is 0 Å². The molecule has 0 spiro atoms. The molecule has 5 heteroatoms. The van der Waals surface area contributed by atoms with Gasteiger partial charge in [-0.1, -0.05) is 60.7 Å². The average Bonchev–Trinajstić information content (AvgIpc) is 2.53. The summed E-state index contributed by atoms with van der Waals surface area (Å²) in [6.45, 7) is 0. The smallest absolute Gasteiger partial charge is 0.273 e. The number of ketones is 1. The number of hydrogen-bond donors (Lipinski definition) is 0. The summed E-state index contributed by atoms with van der Waals surface area (Å²) >= 11 is 3.10. The lowest BCUT2D eigenvalue weighted by molar-refractivity contribution is -0.496. The zero-order valence-electron chi connectivity index (χ0n) is 11.2. The van der Waals surface area contributed by atoms with Gasteiger partial charge in [-0.05, 0) is 21.5 Å². The molecule has 108 valence electrons. The molecule has 0 aliphatic heterocycles. The van der Waals surface area contributed by atoms with Crippen molar-refractivity contribution in [3.8, 4) is 0 Å². The van der Waals surface area contributed by atoms with Gasteiger partial charge in [0.05, 0.1) is 5.92 Å². The molecule has 4 nitrogen and oxygen atoms in total. The first-order valence-corrected chi connectivity index (χ1v) is 7.42. The fourth-order valence-corrected chi connectivity index (χ4v) is 2.65. The molecule has 0 radical (unpaired) electrons. The van der Waals surface area contributed by atoms with Crippen LogP contribution in [0.25, 0.3) is 0 Å². The third kappa shape index (κ3) is 3.98. The van der Waals surface area contributed by atoms with Crippen LogP contribution in [-0.2, 0) is 0 Å². The fraction of sp³-hybridized carbons (Fsp3) is 0.188. The van der Waals surface area contributed by atoms with Crippen molar-refractivity contribution in [3.05, 3.63) is 81.9 Å². The van der Waals surface area contributed by atoms with E-state index < -0.39 is 15.8 Å². The minimum atomic E-state index is -0.993. The van der Waals surface area contributed by atoms with Gasteiger partial charge in [-0.3, -0.25) is 14.9 Å². The zero-order chi connectivity index (χ0) is 15.2. The van der Waals surface area contributed by atoms with Gasteiger partial charge in [-0.25, -0.2) is 0 Å². The second-order valence-electron chi connectivity index (χ2n) is 4.67. The Balaban J connectivity index is 2.25. The number of hydrogen-bond acceptors (Lipinski definition) is 3. The zero-order valence-corrected chi connectivity index (χ0v) is 12.8. The van der Waals surface area contributed by atoms with Gasteiger partial charge in [0.1, 0.15) is 0 Å². The molecule has 0 unspecified atom stereocenters. The second-order valence-corrected chi connectivity index (χ2v) is 5.61. The van der Waals surface area contributed by atoms with Crippen LogP contribution in [0.3, 0.4) is 0 Å². The number of carbonyl (C=O) groups excluding carboxylic acids is 1. The van der Waals surface area contributed by atoms with Crippen molar-refractivity contribution in [2.45, 2.75) is 17.3 Å². The Kier molecular flexibility index (Phi) is 5.22. The van der Waals surface area contributed by atoms with Gasteiger partial charge in [-0.15, -0.1) is 0 Å². The summed E-state index contributed by atoms with van der Waals surface area (Å²) in [6, 6.07) is 17.9. The molecular weight excluding hydrogens is 334 g/mol. The summed E-state index contributed by atoms with van der Waals surface area (Å²) in [5.74, 6) is -0.607. The SMILES string of the molecule is O=C(C[C@H](c1ccccc1)[C@@H](Br)[N+](=O)[O-])c1ccccc1. The number of halogens is 1. The molecule has 2 atom stereocenters. The van der Waals surface area contributed by atoms with E-state index in [9.17, 15) is 14.9 Å². The van der Waals surface area contributed by atoms with Crippen molar-refractivity contribution >= 4 is 21.7 Å². The van der Waals surface area contributed by atoms with Crippen molar-refractivity contribution in [2.75, 3.05) is 0 Å². The van der Waals surface area contributed by atoms with Gasteiger partial charge in [0.2, 0.25) is 0 Å². The summed E-state index contributed by atoms with van der Waals surface area (Å²) in [5.41, 5.74) is 1.35. The van der Waals surface area contributed by atoms with E-state index in [0.29, 0.717) is 5.56 Å². The maximum absolute atomic E-state index is 12.3. The Hall–Kier alpha value is -2.01. The molecule has 2 aromatic rings. The Labute approximate surface area is 131 Å². The monoisotopic (exact) mass is 347 g/mol. The number of nitrogens with zero attached hydrogens (tertiary/aromatic N) is 1. The van der Waals surface area contributed by atoms with Crippen molar-refractivity contribution < 1.29 is 9.72 Å². The minimum Gasteiger partial charge on any atom is -0.294 e. The molecule has 0 heterocycles. The normalized spacial score (nSPS) is 13.4. The van der Waals surface area contributed by atoms with E-state index in [2.05, 4.69) is 15.9 Å². The van der Waals surface area contributed by atoms with E-state index >= 15 is 0 Å². The molecule has 2 aromatic carbocycles. The molecule has 0 aromatic heterocycles. The first-order chi connectivity index (χ1) is 10.1. The molecule has 0 aliphatic rings. The van der Waals surface area contributed by atoms with Crippen LogP contribution in [0, 0.1) is 10.1 Å². The van der Waals surface area contributed by atoms with Crippen LogP contribution in [0.2, 0.25) is 0 Å². The molecule has 2 rings (SSSR count). The van der Waals surface area contributed by atoms with Crippen LogP contribution in [0.4, 0.5) is 0 Å². The highest BCUT2D eigenvalue weighted by Crippen LogP contribution is 2.30. The lowest BCUT2D eigenvalue weighted by atomic mass is 9.91. The highest BCUT2D eigenvalue weighted by atomic mass is 79.9. The molecule has 0 saturated carbocycles. The predicted molar refractivity (Wildman–Crippen MR) is 84.3 cm³/mol. The largest absolute Gasteiger partial charge is 0.294 e. The molecular formula is C16H14BrNO3. The summed E-state index contributed by atoms with van der Waals surface area (Å²) in [5, 5.41) is 11.1. The number of benzene rings is 2. The summed E-state index contributed by atoms with van der Waals surface area (Å²) in [6.07, 6.45) is 0.0882. The van der Waals surface area contributed by atoms with E-state index in [4.69, 9.17) is 0 Å². The van der Waals surface area contributed by atoms with Gasteiger partial charge in [0.15, 0.2) is 5.78 Å². The van der Waals surface area contributed by atoms with Crippen molar-refractivity contribution in [1.29, 1.82) is 0 Å². The van der Waals surface area contributed by atoms with E-state index in [0.717, 1.165) is 5.56 Å². The van der Waals surface area contributed by atoms with Gasteiger partial charge < -0.3 is 0 Å². The molecule has 0 N–H and O–H groups in total. The van der Waals surface area contributed by atoms with Crippen LogP contribution in [0.5, 0.6) is 0 Å². The summed E-state index contributed by atoms with van der Waals surface area (Å²) in [7, 11) is 0. The molecule has 21 heavy (non-hydrogen) atoms. The molecule has 0 amide bonds. The fourth-order valence-electron chi connectivity index (χ4n) is 2.16. The molecule has 0 fully saturated rings. The highest BCUT2D eigenvalue weighted by molar-refractivity contribution is 9.09. The quantitative estimate of drug-likeness (QED) is 0.260. The lowest BCUT2D eigenvalue weighted by Crippen LogP contribution is -2.23. The van der Waals surface area contributed by atoms with Crippen LogP contribution >= 0.6 is 15.9 Å². The number of nitro groups is 1. The molecule has 0 bridgehead atoms. The summed E-state index contributed by atoms with van der Waals surface area (Å²) in [4.78, 5) is 22.0. The Morgan fingerprint density at radius 1 is 1.05 bits per heavy atom. The van der Waals surface area contributed by atoms with E-state index in [1.165, 1.54) is 0 Å². The van der Waals surface area contributed by atoms with Crippen molar-refractivity contribution in [1.82, 2.24) is 0 Å². The first-order valence-electron chi connectivity index (χ1n) is 6.50. The average molecular weight is 348 g/mol. The number of Topliss-reactive ketones (excluding diaryl/α,β-unsaturated/α-hetero) is 1. The second kappa shape index (κ2) is 7.13. The van der Waals surface area contributed by atoms with Crippen molar-refractivity contribution in [3.63, 3.8) is 0 Å². The van der Waals surface area contributed by atoms with Gasteiger partial charge in [0, 0.05) is 16.9 Å². The van der Waals surface area contributed by atoms with E-state index in [1.807, 2.05) is 24.3 Å². The Morgan fingerprint density at radius 3 is 2.10 bits per heavy atom. The van der Waals surface area contributed by atoms with E-state index in [1.54, 1.807) is 36.4 Å². The molecule has 0 saturated heterocycles. The third-order valence-corrected chi connectivity index (χ3v) is 4.23. The lowest BCUT2D eigenvalue weighted by Gasteiger charge is -2.16. The van der Waals surface area contributed by atoms with Gasteiger partial charge in [-0.2, -0.15) is 0 Å². The van der Waals surface area contributed by atoms with Crippen molar-refractivity contribution in [2.24, 2.45) is 0 Å². The van der Waals surface area contributed by atoms with E-state index in [-0.39, 0.29) is 12.2 Å². The standard InChI is InChI=1S/C16H14BrNO3/c17-16(18(20)21)14(12-7-3-1-4-8-12)11-15(19)13-9-5-2-6-10-13/h1-10,14,16H,11H2/t14-,16+/m1/s1. The number of carbonyl (C=O) groups is 1. The predicted octanol–water partition coefficient (Wildman–Crippen LogP) is 4.04. The van der Waals surface area contributed by atoms with Crippen LogP contribution < -0.4 is 0 Å². The number of alkyl halides is 1. The first kappa shape index (κ1) is 15.4.